The Morgan fingerprint density at radius 1 is 0.951 bits per heavy atom. The number of hydrogen-bond acceptors (Lipinski definition) is 5. The molecule has 4 aromatic rings. The number of nitrogens with zero attached hydrogens (tertiary/aromatic N) is 2. The zero-order chi connectivity index (χ0) is 28.2. The minimum atomic E-state index is -0.239. The van der Waals surface area contributed by atoms with Crippen molar-refractivity contribution in [3.05, 3.63) is 125 Å². The van der Waals surface area contributed by atoms with Gasteiger partial charge in [0.15, 0.2) is 0 Å². The Labute approximate surface area is 240 Å². The lowest BCUT2D eigenvalue weighted by molar-refractivity contribution is -0.110. The Morgan fingerprint density at radius 3 is 2.54 bits per heavy atom. The number of likely N-dealkylation sites (tertiary alicyclic amines) is 1. The fraction of sp³-hybridized carbons (Fsp3) is 0.206. The molecule has 0 radical (unpaired) electrons. The third-order valence-electron chi connectivity index (χ3n) is 7.65. The molecule has 6 rings (SSSR count). The van der Waals surface area contributed by atoms with E-state index in [2.05, 4.69) is 38.0 Å². The highest BCUT2D eigenvalue weighted by Gasteiger charge is 2.30. The molecular weight excluding hydrogens is 510 g/mol. The van der Waals surface area contributed by atoms with Gasteiger partial charge in [-0.3, -0.25) is 19.5 Å². The molecule has 2 aliphatic rings. The van der Waals surface area contributed by atoms with Gasteiger partial charge < -0.3 is 16.0 Å². The van der Waals surface area contributed by atoms with Crippen LogP contribution in [0, 0.1) is 0 Å². The van der Waals surface area contributed by atoms with E-state index in [0.29, 0.717) is 33.8 Å². The van der Waals surface area contributed by atoms with Crippen LogP contribution in [0.3, 0.4) is 0 Å². The summed E-state index contributed by atoms with van der Waals surface area (Å²) in [5, 5.41) is 9.56. The first-order valence-corrected chi connectivity index (χ1v) is 14.1. The van der Waals surface area contributed by atoms with E-state index in [4.69, 9.17) is 0 Å². The molecule has 0 aliphatic carbocycles. The van der Waals surface area contributed by atoms with Crippen molar-refractivity contribution >= 4 is 34.5 Å². The molecule has 206 valence electrons. The number of pyridine rings is 1. The molecule has 2 amide bonds. The fourth-order valence-corrected chi connectivity index (χ4v) is 5.52. The van der Waals surface area contributed by atoms with Gasteiger partial charge in [0, 0.05) is 35.2 Å². The summed E-state index contributed by atoms with van der Waals surface area (Å²) in [5.74, 6) is -0.443. The van der Waals surface area contributed by atoms with Crippen molar-refractivity contribution in [2.45, 2.75) is 32.4 Å². The number of carbonyl (C=O) groups is 2. The number of rotatable bonds is 8. The standard InChI is InChI=1S/C34H33N5O2/c1-23(25-11-3-2-4-12-25)36-33(40)26-15-16-29-28(21-26)31(34(41)38-29)32(30-14-5-6-17-35-30)37-27-13-9-10-24(20-27)22-39-18-7-8-19-39/h2-6,9-17,20-21,23,37H,7-8,18-19,22H2,1H3,(H,36,40)(H,38,41)/t23-/m1/s1. The van der Waals surface area contributed by atoms with E-state index in [9.17, 15) is 9.59 Å². The largest absolute Gasteiger partial charge is 0.353 e. The number of amides is 2. The normalized spacial score (nSPS) is 16.6. The Morgan fingerprint density at radius 2 is 1.76 bits per heavy atom. The van der Waals surface area contributed by atoms with Gasteiger partial charge in [-0.1, -0.05) is 48.5 Å². The minimum Gasteiger partial charge on any atom is -0.353 e. The first-order chi connectivity index (χ1) is 20.0. The summed E-state index contributed by atoms with van der Waals surface area (Å²) in [6.07, 6.45) is 4.20. The van der Waals surface area contributed by atoms with Crippen LogP contribution in [0.25, 0.3) is 11.3 Å². The van der Waals surface area contributed by atoms with Gasteiger partial charge in [0.25, 0.3) is 11.8 Å². The van der Waals surface area contributed by atoms with Crippen molar-refractivity contribution in [2.75, 3.05) is 23.7 Å². The molecule has 3 aromatic carbocycles. The fourth-order valence-electron chi connectivity index (χ4n) is 5.52. The van der Waals surface area contributed by atoms with Crippen LogP contribution >= 0.6 is 0 Å². The number of anilines is 2. The average molecular weight is 544 g/mol. The number of nitrogens with one attached hydrogen (secondary N) is 3. The lowest BCUT2D eigenvalue weighted by atomic mass is 9.99. The maximum Gasteiger partial charge on any atom is 0.258 e. The predicted molar refractivity (Wildman–Crippen MR) is 163 cm³/mol. The quantitative estimate of drug-likeness (QED) is 0.234. The molecule has 0 spiro atoms. The lowest BCUT2D eigenvalue weighted by Gasteiger charge is -2.17. The number of aromatic nitrogens is 1. The Balaban J connectivity index is 1.34. The van der Waals surface area contributed by atoms with Gasteiger partial charge in [0.05, 0.1) is 23.0 Å². The van der Waals surface area contributed by atoms with Gasteiger partial charge in [-0.2, -0.15) is 0 Å². The molecule has 1 fully saturated rings. The molecule has 0 bridgehead atoms. The van der Waals surface area contributed by atoms with E-state index in [1.54, 1.807) is 24.4 Å². The van der Waals surface area contributed by atoms with E-state index in [0.717, 1.165) is 30.9 Å². The molecule has 1 atom stereocenters. The summed E-state index contributed by atoms with van der Waals surface area (Å²) in [6.45, 7) is 5.10. The summed E-state index contributed by atoms with van der Waals surface area (Å²) in [5.41, 5.74) is 6.60. The summed E-state index contributed by atoms with van der Waals surface area (Å²) >= 11 is 0. The first-order valence-electron chi connectivity index (χ1n) is 14.1. The van der Waals surface area contributed by atoms with Gasteiger partial charge in [0.2, 0.25) is 0 Å². The third kappa shape index (κ3) is 5.90. The molecule has 7 heteroatoms. The Hall–Kier alpha value is -4.75. The lowest BCUT2D eigenvalue weighted by Crippen LogP contribution is -2.26. The van der Waals surface area contributed by atoms with E-state index < -0.39 is 0 Å². The Bertz CT molecular complexity index is 1590. The average Bonchev–Trinajstić information content (AvgIpc) is 3.63. The molecule has 0 unspecified atom stereocenters. The number of carbonyl (C=O) groups excluding carboxylic acids is 2. The van der Waals surface area contributed by atoms with Gasteiger partial charge in [0.1, 0.15) is 0 Å². The summed E-state index contributed by atoms with van der Waals surface area (Å²) in [7, 11) is 0. The highest BCUT2D eigenvalue weighted by molar-refractivity contribution is 6.37. The smallest absolute Gasteiger partial charge is 0.258 e. The maximum absolute atomic E-state index is 13.4. The van der Waals surface area contributed by atoms with Gasteiger partial charge >= 0.3 is 0 Å². The van der Waals surface area contributed by atoms with E-state index in [1.807, 2.05) is 67.6 Å². The maximum atomic E-state index is 13.4. The highest BCUT2D eigenvalue weighted by Crippen LogP contribution is 2.38. The molecule has 1 saturated heterocycles. The molecular formula is C34H33N5O2. The zero-order valence-electron chi connectivity index (χ0n) is 23.1. The molecule has 7 nitrogen and oxygen atoms in total. The van der Waals surface area contributed by atoms with Crippen LogP contribution in [0.5, 0.6) is 0 Å². The summed E-state index contributed by atoms with van der Waals surface area (Å²) < 4.78 is 0. The van der Waals surface area contributed by atoms with Crippen LogP contribution in [0.15, 0.2) is 97.2 Å². The second-order valence-electron chi connectivity index (χ2n) is 10.6. The van der Waals surface area contributed by atoms with Gasteiger partial charge in [-0.25, -0.2) is 0 Å². The van der Waals surface area contributed by atoms with Crippen molar-refractivity contribution in [1.29, 1.82) is 0 Å². The van der Waals surface area contributed by atoms with Crippen LogP contribution in [0.1, 0.15) is 58.5 Å². The van der Waals surface area contributed by atoms with Crippen molar-refractivity contribution in [2.24, 2.45) is 0 Å². The third-order valence-corrected chi connectivity index (χ3v) is 7.65. The number of hydrogen-bond donors (Lipinski definition) is 3. The zero-order valence-corrected chi connectivity index (χ0v) is 23.1. The number of fused-ring (bicyclic) bond motifs is 1. The molecule has 0 saturated carbocycles. The minimum absolute atomic E-state index is 0.162. The van der Waals surface area contributed by atoms with Crippen molar-refractivity contribution < 1.29 is 9.59 Å². The predicted octanol–water partition coefficient (Wildman–Crippen LogP) is 6.10. The summed E-state index contributed by atoms with van der Waals surface area (Å²) in [4.78, 5) is 33.7. The van der Waals surface area contributed by atoms with Gasteiger partial charge in [-0.15, -0.1) is 0 Å². The highest BCUT2D eigenvalue weighted by atomic mass is 16.2. The second kappa shape index (κ2) is 11.8. The second-order valence-corrected chi connectivity index (χ2v) is 10.6. The molecule has 3 N–H and O–H groups in total. The van der Waals surface area contributed by atoms with Gasteiger partial charge in [-0.05, 0) is 86.4 Å². The molecule has 3 heterocycles. The van der Waals surface area contributed by atoms with Crippen LogP contribution < -0.4 is 16.0 Å². The first kappa shape index (κ1) is 26.5. The topological polar surface area (TPSA) is 86.4 Å². The van der Waals surface area contributed by atoms with E-state index in [1.165, 1.54) is 18.4 Å². The SMILES string of the molecule is C[C@@H](NC(=O)c1ccc2c(c1)C(=C(Nc1cccc(CN3CCCC3)c1)c1ccccn1)C(=O)N2)c1ccccc1. The summed E-state index contributed by atoms with van der Waals surface area (Å²) in [6, 6.07) is 28.9. The molecule has 2 aliphatic heterocycles. The van der Waals surface area contributed by atoms with E-state index >= 15 is 0 Å². The van der Waals surface area contributed by atoms with E-state index in [-0.39, 0.29) is 17.9 Å². The monoisotopic (exact) mass is 543 g/mol. The van der Waals surface area contributed by atoms with Crippen LogP contribution in [0.2, 0.25) is 0 Å². The van der Waals surface area contributed by atoms with Crippen LogP contribution in [-0.2, 0) is 11.3 Å². The van der Waals surface area contributed by atoms with Crippen LogP contribution in [-0.4, -0.2) is 34.8 Å². The number of benzene rings is 3. The van der Waals surface area contributed by atoms with Crippen molar-refractivity contribution in [1.82, 2.24) is 15.2 Å². The van der Waals surface area contributed by atoms with Crippen molar-refractivity contribution in [3.8, 4) is 0 Å². The van der Waals surface area contributed by atoms with Crippen LogP contribution in [0.4, 0.5) is 11.4 Å². The van der Waals surface area contributed by atoms with Crippen molar-refractivity contribution in [3.63, 3.8) is 0 Å². The molecule has 1 aromatic heterocycles. The molecule has 41 heavy (non-hydrogen) atoms. The Kier molecular flexibility index (Phi) is 7.60.